The molecule has 0 aromatic rings. The Morgan fingerprint density at radius 2 is 1.83 bits per heavy atom. The minimum absolute atomic E-state index is 0.0887. The Labute approximate surface area is 180 Å². The first kappa shape index (κ1) is 23.3. The van der Waals surface area contributed by atoms with Crippen molar-refractivity contribution in [2.75, 3.05) is 0 Å². The summed E-state index contributed by atoms with van der Waals surface area (Å²) in [5.41, 5.74) is 2.50. The lowest BCUT2D eigenvalue weighted by Crippen LogP contribution is -2.50. The molecule has 0 radical (unpaired) electrons. The van der Waals surface area contributed by atoms with Gasteiger partial charge in [-0.15, -0.1) is 0 Å². The normalized spacial score (nSPS) is 44.5. The van der Waals surface area contributed by atoms with Crippen molar-refractivity contribution in [1.29, 1.82) is 0 Å². The second-order valence-corrected chi connectivity index (χ2v) is 11.0. The quantitative estimate of drug-likeness (QED) is 0.490. The standard InChI is InChI=1S/C25H42O2.C2H6/c1-4-19(26)7-5-6-17-9-11-22-21-10-8-18-16-20(27)12-14-25(18,3)23(21)13-15-24(17,22)2;1-2/h8,17,19-23,26-27H,4-7,9-16H2,1-3H3;1-2H3/t17-,19-,20-,21-,22?,23?,24?,25?;/m0./s1. The van der Waals surface area contributed by atoms with E-state index < -0.39 is 0 Å². The maximum Gasteiger partial charge on any atom is 0.0577 e. The summed E-state index contributed by atoms with van der Waals surface area (Å²) in [5, 5.41) is 20.1. The van der Waals surface area contributed by atoms with E-state index in [9.17, 15) is 10.2 Å². The van der Waals surface area contributed by atoms with E-state index >= 15 is 0 Å². The fourth-order valence-electron chi connectivity index (χ4n) is 8.03. The van der Waals surface area contributed by atoms with E-state index in [0.29, 0.717) is 10.8 Å². The molecule has 0 spiro atoms. The first-order valence-electron chi connectivity index (χ1n) is 12.9. The molecule has 8 atom stereocenters. The van der Waals surface area contributed by atoms with Gasteiger partial charge in [-0.1, -0.05) is 52.7 Å². The number of allylic oxidation sites excluding steroid dienone is 1. The van der Waals surface area contributed by atoms with Crippen LogP contribution >= 0.6 is 0 Å². The molecule has 0 aromatic carbocycles. The summed E-state index contributed by atoms with van der Waals surface area (Å²) in [4.78, 5) is 0. The fourth-order valence-corrected chi connectivity index (χ4v) is 8.03. The van der Waals surface area contributed by atoms with Crippen LogP contribution in [-0.4, -0.2) is 22.4 Å². The van der Waals surface area contributed by atoms with E-state index in [1.165, 1.54) is 51.4 Å². The molecule has 3 saturated carbocycles. The number of hydrogen-bond donors (Lipinski definition) is 2. The number of rotatable bonds is 5. The molecule has 29 heavy (non-hydrogen) atoms. The number of aliphatic hydroxyl groups is 2. The number of fused-ring (bicyclic) bond motifs is 5. The van der Waals surface area contributed by atoms with Crippen LogP contribution in [0.4, 0.5) is 0 Å². The second-order valence-electron chi connectivity index (χ2n) is 11.0. The maximum absolute atomic E-state index is 10.2. The van der Waals surface area contributed by atoms with Gasteiger partial charge in [0, 0.05) is 0 Å². The van der Waals surface area contributed by atoms with Gasteiger partial charge < -0.3 is 10.2 Å². The third-order valence-corrected chi connectivity index (χ3v) is 9.84. The highest BCUT2D eigenvalue weighted by Crippen LogP contribution is 2.66. The molecule has 0 saturated heterocycles. The van der Waals surface area contributed by atoms with Crippen molar-refractivity contribution < 1.29 is 10.2 Å². The Hall–Kier alpha value is -0.340. The molecule has 2 N–H and O–H groups in total. The first-order chi connectivity index (χ1) is 13.9. The van der Waals surface area contributed by atoms with Crippen molar-refractivity contribution in [2.45, 2.75) is 124 Å². The van der Waals surface area contributed by atoms with Crippen LogP contribution in [0.25, 0.3) is 0 Å². The maximum atomic E-state index is 10.2. The second kappa shape index (κ2) is 9.43. The Morgan fingerprint density at radius 3 is 2.55 bits per heavy atom. The zero-order chi connectivity index (χ0) is 21.2. The number of hydrogen-bond acceptors (Lipinski definition) is 2. The van der Waals surface area contributed by atoms with Crippen LogP contribution in [0.15, 0.2) is 11.6 Å². The van der Waals surface area contributed by atoms with Gasteiger partial charge in [0.25, 0.3) is 0 Å². The van der Waals surface area contributed by atoms with E-state index in [4.69, 9.17) is 0 Å². The Bertz CT molecular complexity index is 569. The monoisotopic (exact) mass is 404 g/mol. The summed E-state index contributed by atoms with van der Waals surface area (Å²) < 4.78 is 0. The minimum atomic E-state index is -0.0935. The lowest BCUT2D eigenvalue weighted by molar-refractivity contribution is -0.0511. The van der Waals surface area contributed by atoms with Crippen molar-refractivity contribution in [3.8, 4) is 0 Å². The lowest BCUT2D eigenvalue weighted by atomic mass is 9.47. The van der Waals surface area contributed by atoms with Gasteiger partial charge in [0.15, 0.2) is 0 Å². The average molecular weight is 405 g/mol. The summed E-state index contributed by atoms with van der Waals surface area (Å²) >= 11 is 0. The molecule has 3 fully saturated rings. The predicted molar refractivity (Wildman–Crippen MR) is 123 cm³/mol. The highest BCUT2D eigenvalue weighted by Gasteiger charge is 2.58. The molecule has 0 aliphatic heterocycles. The van der Waals surface area contributed by atoms with E-state index in [-0.39, 0.29) is 12.2 Å². The fraction of sp³-hybridized carbons (Fsp3) is 0.926. The van der Waals surface area contributed by atoms with Crippen LogP contribution in [0.2, 0.25) is 0 Å². The van der Waals surface area contributed by atoms with Crippen LogP contribution < -0.4 is 0 Å². The van der Waals surface area contributed by atoms with Gasteiger partial charge in [-0.25, -0.2) is 0 Å². The average Bonchev–Trinajstić information content (AvgIpc) is 3.06. The van der Waals surface area contributed by atoms with Crippen molar-refractivity contribution >= 4 is 0 Å². The zero-order valence-electron chi connectivity index (χ0n) is 19.9. The molecule has 0 aromatic heterocycles. The van der Waals surface area contributed by atoms with Crippen LogP contribution in [-0.2, 0) is 0 Å². The van der Waals surface area contributed by atoms with E-state index in [1.54, 1.807) is 5.57 Å². The summed E-state index contributed by atoms with van der Waals surface area (Å²) in [5.74, 6) is 3.50. The van der Waals surface area contributed by atoms with Crippen molar-refractivity contribution in [3.63, 3.8) is 0 Å². The van der Waals surface area contributed by atoms with E-state index in [2.05, 4.69) is 26.8 Å². The molecular weight excluding hydrogens is 356 g/mol. The summed E-state index contributed by atoms with van der Waals surface area (Å²) in [6.07, 6.45) is 16.8. The van der Waals surface area contributed by atoms with Gasteiger partial charge in [-0.3, -0.25) is 0 Å². The summed E-state index contributed by atoms with van der Waals surface area (Å²) in [6.45, 7) is 11.2. The Kier molecular flexibility index (Phi) is 7.58. The minimum Gasteiger partial charge on any atom is -0.393 e. The van der Waals surface area contributed by atoms with Gasteiger partial charge in [-0.2, -0.15) is 0 Å². The van der Waals surface area contributed by atoms with Gasteiger partial charge in [-0.05, 0) is 105 Å². The predicted octanol–water partition coefficient (Wildman–Crippen LogP) is 6.89. The SMILES string of the molecule is CC.CC[C@H](O)CCC[C@H]1CCC2[C@@H]3CC=C4C[C@@H](O)CCC4(C)C3CCC21C. The molecule has 0 heterocycles. The van der Waals surface area contributed by atoms with E-state index in [0.717, 1.165) is 49.4 Å². The van der Waals surface area contributed by atoms with Crippen molar-refractivity contribution in [1.82, 2.24) is 0 Å². The third-order valence-electron chi connectivity index (χ3n) is 9.84. The van der Waals surface area contributed by atoms with Crippen LogP contribution in [0.1, 0.15) is 112 Å². The highest BCUT2D eigenvalue weighted by molar-refractivity contribution is 5.25. The molecule has 4 aliphatic rings. The largest absolute Gasteiger partial charge is 0.393 e. The highest BCUT2D eigenvalue weighted by atomic mass is 16.3. The van der Waals surface area contributed by atoms with Crippen LogP contribution in [0, 0.1) is 34.5 Å². The third kappa shape index (κ3) is 4.22. The summed E-state index contributed by atoms with van der Waals surface area (Å²) in [7, 11) is 0. The van der Waals surface area contributed by atoms with Crippen molar-refractivity contribution in [2.24, 2.45) is 34.5 Å². The summed E-state index contributed by atoms with van der Waals surface area (Å²) in [6, 6.07) is 0. The Morgan fingerprint density at radius 1 is 1.07 bits per heavy atom. The molecule has 4 rings (SSSR count). The topological polar surface area (TPSA) is 40.5 Å². The smallest absolute Gasteiger partial charge is 0.0577 e. The number of aliphatic hydroxyl groups excluding tert-OH is 2. The van der Waals surface area contributed by atoms with Crippen LogP contribution in [0.5, 0.6) is 0 Å². The van der Waals surface area contributed by atoms with Crippen LogP contribution in [0.3, 0.4) is 0 Å². The molecular formula is C27H48O2. The first-order valence-corrected chi connectivity index (χ1v) is 12.9. The molecule has 2 heteroatoms. The molecule has 4 aliphatic carbocycles. The Balaban J connectivity index is 0.00000117. The van der Waals surface area contributed by atoms with Gasteiger partial charge in [0.1, 0.15) is 0 Å². The lowest BCUT2D eigenvalue weighted by Gasteiger charge is -2.58. The molecule has 0 amide bonds. The molecule has 2 nitrogen and oxygen atoms in total. The van der Waals surface area contributed by atoms with Crippen molar-refractivity contribution in [3.05, 3.63) is 11.6 Å². The van der Waals surface area contributed by atoms with Gasteiger partial charge in [0.05, 0.1) is 12.2 Å². The zero-order valence-corrected chi connectivity index (χ0v) is 19.9. The van der Waals surface area contributed by atoms with Gasteiger partial charge >= 0.3 is 0 Å². The molecule has 168 valence electrons. The molecule has 0 bridgehead atoms. The molecule has 4 unspecified atom stereocenters. The van der Waals surface area contributed by atoms with Gasteiger partial charge in [0.2, 0.25) is 0 Å². The van der Waals surface area contributed by atoms with E-state index in [1.807, 2.05) is 13.8 Å².